The zero-order valence-corrected chi connectivity index (χ0v) is 10.6. The molecule has 0 aliphatic carbocycles. The first-order valence-electron chi connectivity index (χ1n) is 5.20. The molecule has 1 aliphatic heterocycles. The van der Waals surface area contributed by atoms with Crippen molar-refractivity contribution in [1.82, 2.24) is 0 Å². The lowest BCUT2D eigenvalue weighted by Gasteiger charge is -2.42. The topological polar surface area (TPSA) is 27.7 Å². The van der Waals surface area contributed by atoms with E-state index in [1.807, 2.05) is 6.92 Å². The van der Waals surface area contributed by atoms with Gasteiger partial charge in [0, 0.05) is 5.41 Å². The van der Waals surface area contributed by atoms with E-state index in [1.165, 1.54) is 0 Å². The molecule has 3 nitrogen and oxygen atoms in total. The second-order valence-electron chi connectivity index (χ2n) is 4.67. The largest absolute Gasteiger partial charge is 0.332 e. The molecular formula is C10H21O3P. The van der Waals surface area contributed by atoms with Crippen molar-refractivity contribution in [2.45, 2.75) is 40.7 Å². The van der Waals surface area contributed by atoms with Crippen molar-refractivity contribution < 1.29 is 13.6 Å². The first-order valence-corrected chi connectivity index (χ1v) is 6.29. The SMILES string of the molecule is CCO[P@@]1OCC(C)(C)[C@@H](C(C)C)O1. The van der Waals surface area contributed by atoms with Gasteiger partial charge in [-0.25, -0.2) is 0 Å². The summed E-state index contributed by atoms with van der Waals surface area (Å²) in [4.78, 5) is 0. The van der Waals surface area contributed by atoms with Gasteiger partial charge in [-0.1, -0.05) is 27.7 Å². The van der Waals surface area contributed by atoms with Crippen molar-refractivity contribution >= 4 is 8.60 Å². The van der Waals surface area contributed by atoms with Gasteiger partial charge >= 0.3 is 8.60 Å². The molecule has 0 spiro atoms. The Kier molecular flexibility index (Phi) is 4.32. The van der Waals surface area contributed by atoms with Crippen molar-refractivity contribution in [2.24, 2.45) is 11.3 Å². The Bertz CT molecular complexity index is 182. The first kappa shape index (κ1) is 12.4. The summed E-state index contributed by atoms with van der Waals surface area (Å²) in [5, 5.41) is 0. The molecule has 4 heteroatoms. The molecular weight excluding hydrogens is 199 g/mol. The molecule has 14 heavy (non-hydrogen) atoms. The fourth-order valence-electron chi connectivity index (χ4n) is 1.76. The maximum atomic E-state index is 5.82. The van der Waals surface area contributed by atoms with Crippen LogP contribution in [0.4, 0.5) is 0 Å². The molecule has 0 amide bonds. The van der Waals surface area contributed by atoms with Crippen LogP contribution in [0.25, 0.3) is 0 Å². The summed E-state index contributed by atoms with van der Waals surface area (Å²) in [6, 6.07) is 0. The molecule has 0 bridgehead atoms. The minimum atomic E-state index is -1.10. The Morgan fingerprint density at radius 2 is 2.14 bits per heavy atom. The molecule has 0 radical (unpaired) electrons. The maximum absolute atomic E-state index is 5.82. The maximum Gasteiger partial charge on any atom is 0.332 e. The standard InChI is InChI=1S/C10H21O3P/c1-6-11-14-12-7-10(4,5)9(13-14)8(2)3/h8-9H,6-7H2,1-5H3/t9-,14+/m1/s1. The lowest BCUT2D eigenvalue weighted by molar-refractivity contribution is -0.0544. The monoisotopic (exact) mass is 220 g/mol. The van der Waals surface area contributed by atoms with Crippen molar-refractivity contribution in [2.75, 3.05) is 13.2 Å². The van der Waals surface area contributed by atoms with E-state index in [4.69, 9.17) is 13.6 Å². The summed E-state index contributed by atoms with van der Waals surface area (Å²) in [7, 11) is -1.10. The summed E-state index contributed by atoms with van der Waals surface area (Å²) in [5.74, 6) is 0.499. The van der Waals surface area contributed by atoms with Gasteiger partial charge in [0.15, 0.2) is 0 Å². The van der Waals surface area contributed by atoms with Crippen molar-refractivity contribution in [3.05, 3.63) is 0 Å². The van der Waals surface area contributed by atoms with Crippen LogP contribution in [0, 0.1) is 11.3 Å². The summed E-state index contributed by atoms with van der Waals surface area (Å²) >= 11 is 0. The quantitative estimate of drug-likeness (QED) is 0.682. The molecule has 1 rings (SSSR count). The third-order valence-corrected chi connectivity index (χ3v) is 3.56. The van der Waals surface area contributed by atoms with Gasteiger partial charge in [-0.3, -0.25) is 0 Å². The van der Waals surface area contributed by atoms with Gasteiger partial charge in [0.25, 0.3) is 0 Å². The summed E-state index contributed by atoms with van der Waals surface area (Å²) in [6.07, 6.45) is 0.230. The van der Waals surface area contributed by atoms with Crippen LogP contribution < -0.4 is 0 Å². The molecule has 2 atom stereocenters. The molecule has 0 aromatic heterocycles. The van der Waals surface area contributed by atoms with Crippen molar-refractivity contribution in [3.8, 4) is 0 Å². The van der Waals surface area contributed by atoms with E-state index < -0.39 is 8.60 Å². The van der Waals surface area contributed by atoms with Gasteiger partial charge in [0.2, 0.25) is 0 Å². The van der Waals surface area contributed by atoms with Crippen molar-refractivity contribution in [3.63, 3.8) is 0 Å². The van der Waals surface area contributed by atoms with Crippen LogP contribution in [0.5, 0.6) is 0 Å². The second kappa shape index (κ2) is 4.89. The molecule has 0 unspecified atom stereocenters. The fourth-order valence-corrected chi connectivity index (χ4v) is 3.32. The minimum Gasteiger partial charge on any atom is -0.313 e. The van der Waals surface area contributed by atoms with Crippen LogP contribution in [0.2, 0.25) is 0 Å². The average Bonchev–Trinajstić information content (AvgIpc) is 2.08. The van der Waals surface area contributed by atoms with Crippen molar-refractivity contribution in [1.29, 1.82) is 0 Å². The van der Waals surface area contributed by atoms with E-state index in [-0.39, 0.29) is 11.5 Å². The normalized spacial score (nSPS) is 32.1. The molecule has 0 aromatic rings. The van der Waals surface area contributed by atoms with Crippen LogP contribution in [0.15, 0.2) is 0 Å². The highest BCUT2D eigenvalue weighted by molar-refractivity contribution is 7.41. The second-order valence-corrected chi connectivity index (χ2v) is 5.85. The molecule has 1 saturated heterocycles. The molecule has 84 valence electrons. The predicted molar refractivity (Wildman–Crippen MR) is 58.0 cm³/mol. The Morgan fingerprint density at radius 3 is 2.64 bits per heavy atom. The minimum absolute atomic E-state index is 0.0874. The highest BCUT2D eigenvalue weighted by atomic mass is 31.2. The first-order chi connectivity index (χ1) is 6.47. The smallest absolute Gasteiger partial charge is 0.313 e. The van der Waals surface area contributed by atoms with Crippen LogP contribution in [-0.2, 0) is 13.6 Å². The van der Waals surface area contributed by atoms with Crippen LogP contribution in [0.1, 0.15) is 34.6 Å². The Morgan fingerprint density at radius 1 is 1.50 bits per heavy atom. The van der Waals surface area contributed by atoms with Gasteiger partial charge in [-0.05, 0) is 12.8 Å². The van der Waals surface area contributed by atoms with Gasteiger partial charge in [-0.2, -0.15) is 0 Å². The zero-order valence-electron chi connectivity index (χ0n) is 9.74. The third kappa shape index (κ3) is 2.90. The van der Waals surface area contributed by atoms with Crippen LogP contribution in [0.3, 0.4) is 0 Å². The van der Waals surface area contributed by atoms with Crippen LogP contribution >= 0.6 is 8.60 Å². The van der Waals surface area contributed by atoms with E-state index in [1.54, 1.807) is 0 Å². The fraction of sp³-hybridized carbons (Fsp3) is 1.00. The van der Waals surface area contributed by atoms with E-state index in [2.05, 4.69) is 27.7 Å². The van der Waals surface area contributed by atoms with E-state index in [0.29, 0.717) is 12.5 Å². The third-order valence-electron chi connectivity index (χ3n) is 2.35. The molecule has 1 fully saturated rings. The Balaban J connectivity index is 2.58. The van der Waals surface area contributed by atoms with Gasteiger partial charge < -0.3 is 13.6 Å². The molecule has 0 N–H and O–H groups in total. The lowest BCUT2D eigenvalue weighted by atomic mass is 9.81. The van der Waals surface area contributed by atoms with E-state index in [0.717, 1.165) is 6.61 Å². The van der Waals surface area contributed by atoms with Gasteiger partial charge in [0.05, 0.1) is 19.3 Å². The molecule has 1 heterocycles. The highest BCUT2D eigenvalue weighted by Crippen LogP contribution is 2.51. The molecule has 1 aliphatic rings. The average molecular weight is 220 g/mol. The molecule has 0 saturated carbocycles. The molecule has 0 aromatic carbocycles. The van der Waals surface area contributed by atoms with E-state index in [9.17, 15) is 0 Å². The summed E-state index contributed by atoms with van der Waals surface area (Å²) in [5.41, 5.74) is 0.0874. The van der Waals surface area contributed by atoms with Gasteiger partial charge in [-0.15, -0.1) is 0 Å². The van der Waals surface area contributed by atoms with E-state index >= 15 is 0 Å². The zero-order chi connectivity index (χ0) is 10.8. The number of hydrogen-bond acceptors (Lipinski definition) is 3. The number of rotatable bonds is 3. The predicted octanol–water partition coefficient (Wildman–Crippen LogP) is 3.35. The van der Waals surface area contributed by atoms with Gasteiger partial charge in [0.1, 0.15) is 0 Å². The number of hydrogen-bond donors (Lipinski definition) is 0. The summed E-state index contributed by atoms with van der Waals surface area (Å²) in [6.45, 7) is 12.0. The Labute approximate surface area is 88.1 Å². The lowest BCUT2D eigenvalue weighted by Crippen LogP contribution is -2.41. The highest BCUT2D eigenvalue weighted by Gasteiger charge is 2.41. The Hall–Kier alpha value is 0.310. The summed E-state index contributed by atoms with van der Waals surface area (Å²) < 4.78 is 16.7. The van der Waals surface area contributed by atoms with Crippen LogP contribution in [-0.4, -0.2) is 19.3 Å².